The first-order valence-electron chi connectivity index (χ1n) is 13.1. The number of benzene rings is 4. The van der Waals surface area contributed by atoms with Crippen LogP contribution >= 0.6 is 11.3 Å². The molecule has 40 heavy (non-hydrogen) atoms. The smallest absolute Gasteiger partial charge is 0.260 e. The van der Waals surface area contributed by atoms with E-state index in [-0.39, 0.29) is 17.3 Å². The Labute approximate surface area is 239 Å². The molecular formula is C32H31N3O3S2. The van der Waals surface area contributed by atoms with Gasteiger partial charge in [0, 0.05) is 18.7 Å². The second-order valence-electron chi connectivity index (χ2n) is 9.74. The Morgan fingerprint density at radius 1 is 0.825 bits per heavy atom. The van der Waals surface area contributed by atoms with Gasteiger partial charge in [-0.2, -0.15) is 4.31 Å². The van der Waals surface area contributed by atoms with Crippen LogP contribution in [0.4, 0.5) is 5.13 Å². The Bertz CT molecular complexity index is 1730. The van der Waals surface area contributed by atoms with Gasteiger partial charge in [-0.1, -0.05) is 85.0 Å². The Balaban J connectivity index is 1.46. The van der Waals surface area contributed by atoms with Crippen molar-refractivity contribution in [3.05, 3.63) is 125 Å². The molecule has 0 saturated heterocycles. The van der Waals surface area contributed by atoms with E-state index in [2.05, 4.69) is 13.0 Å². The van der Waals surface area contributed by atoms with Crippen molar-refractivity contribution in [3.8, 4) is 0 Å². The minimum Gasteiger partial charge on any atom is -0.279 e. The lowest BCUT2D eigenvalue weighted by Crippen LogP contribution is -2.31. The van der Waals surface area contributed by atoms with Gasteiger partial charge in [0.25, 0.3) is 5.91 Å². The molecule has 0 fully saturated rings. The predicted molar refractivity (Wildman–Crippen MR) is 162 cm³/mol. The van der Waals surface area contributed by atoms with Crippen LogP contribution < -0.4 is 4.90 Å². The van der Waals surface area contributed by atoms with Crippen LogP contribution in [-0.2, 0) is 23.1 Å². The zero-order valence-electron chi connectivity index (χ0n) is 22.7. The minimum atomic E-state index is -3.74. The largest absolute Gasteiger partial charge is 0.279 e. The van der Waals surface area contributed by atoms with Gasteiger partial charge in [0.2, 0.25) is 10.0 Å². The zero-order valence-corrected chi connectivity index (χ0v) is 24.4. The monoisotopic (exact) mass is 569 g/mol. The molecule has 0 unspecified atom stereocenters. The van der Waals surface area contributed by atoms with Crippen molar-refractivity contribution in [3.63, 3.8) is 0 Å². The third-order valence-electron chi connectivity index (χ3n) is 6.76. The summed E-state index contributed by atoms with van der Waals surface area (Å²) in [6.45, 7) is 6.87. The maximum absolute atomic E-state index is 13.9. The molecule has 4 aromatic carbocycles. The highest BCUT2D eigenvalue weighted by atomic mass is 32.2. The first-order chi connectivity index (χ1) is 19.3. The SMILES string of the molecule is CCN(Cc1ccccc1)S(=O)(=O)c1ccc(C(=O)N(Cc2ccccc2)c2nc3cc(C)cc(C)c3s2)cc1. The lowest BCUT2D eigenvalue weighted by Gasteiger charge is -2.22. The number of rotatable bonds is 9. The number of hydrogen-bond acceptors (Lipinski definition) is 5. The molecule has 0 radical (unpaired) electrons. The minimum absolute atomic E-state index is 0.155. The molecule has 0 aliphatic carbocycles. The average Bonchev–Trinajstić information content (AvgIpc) is 3.39. The number of aromatic nitrogens is 1. The highest BCUT2D eigenvalue weighted by molar-refractivity contribution is 7.89. The highest BCUT2D eigenvalue weighted by Gasteiger charge is 2.26. The molecule has 1 aromatic heterocycles. The van der Waals surface area contributed by atoms with Crippen LogP contribution in [0, 0.1) is 13.8 Å². The summed E-state index contributed by atoms with van der Waals surface area (Å²) in [6, 6.07) is 29.6. The molecule has 0 bridgehead atoms. The molecule has 0 N–H and O–H groups in total. The van der Waals surface area contributed by atoms with Crippen molar-refractivity contribution in [2.45, 2.75) is 38.8 Å². The van der Waals surface area contributed by atoms with Crippen LogP contribution in [0.3, 0.4) is 0 Å². The molecule has 0 aliphatic rings. The maximum atomic E-state index is 13.9. The van der Waals surface area contributed by atoms with Gasteiger partial charge >= 0.3 is 0 Å². The third-order valence-corrected chi connectivity index (χ3v) is 9.93. The fourth-order valence-corrected chi connectivity index (χ4v) is 7.15. The third kappa shape index (κ3) is 5.84. The summed E-state index contributed by atoms with van der Waals surface area (Å²) in [6.07, 6.45) is 0. The van der Waals surface area contributed by atoms with E-state index in [0.717, 1.165) is 32.5 Å². The fraction of sp³-hybridized carbons (Fsp3) is 0.188. The topological polar surface area (TPSA) is 70.6 Å². The van der Waals surface area contributed by atoms with Crippen LogP contribution in [0.25, 0.3) is 10.2 Å². The van der Waals surface area contributed by atoms with Crippen LogP contribution in [0.1, 0.15) is 39.5 Å². The van der Waals surface area contributed by atoms with E-state index in [4.69, 9.17) is 4.98 Å². The van der Waals surface area contributed by atoms with Gasteiger partial charge in [-0.05, 0) is 66.4 Å². The lowest BCUT2D eigenvalue weighted by atomic mass is 10.1. The van der Waals surface area contributed by atoms with E-state index in [1.165, 1.54) is 27.8 Å². The van der Waals surface area contributed by atoms with E-state index in [9.17, 15) is 13.2 Å². The summed E-state index contributed by atoms with van der Waals surface area (Å²) >= 11 is 1.49. The van der Waals surface area contributed by atoms with Crippen molar-refractivity contribution in [1.29, 1.82) is 0 Å². The lowest BCUT2D eigenvalue weighted by molar-refractivity contribution is 0.0985. The van der Waals surface area contributed by atoms with E-state index in [0.29, 0.717) is 23.8 Å². The molecule has 6 nitrogen and oxygen atoms in total. The predicted octanol–water partition coefficient (Wildman–Crippen LogP) is 6.97. The number of carbonyl (C=O) groups is 1. The molecule has 5 aromatic rings. The molecule has 5 rings (SSSR count). The molecule has 1 heterocycles. The molecule has 0 saturated carbocycles. The van der Waals surface area contributed by atoms with Gasteiger partial charge < -0.3 is 0 Å². The first kappa shape index (κ1) is 27.7. The maximum Gasteiger partial charge on any atom is 0.260 e. The molecule has 8 heteroatoms. The van der Waals surface area contributed by atoms with Crippen LogP contribution in [0.2, 0.25) is 0 Å². The molecule has 0 spiro atoms. The first-order valence-corrected chi connectivity index (χ1v) is 15.4. The zero-order chi connectivity index (χ0) is 28.3. The van der Waals surface area contributed by atoms with Crippen molar-refractivity contribution in [2.75, 3.05) is 11.4 Å². The van der Waals surface area contributed by atoms with E-state index in [1.54, 1.807) is 17.0 Å². The van der Waals surface area contributed by atoms with Crippen LogP contribution in [0.15, 0.2) is 102 Å². The Morgan fingerprint density at radius 3 is 2.02 bits per heavy atom. The molecular weight excluding hydrogens is 539 g/mol. The van der Waals surface area contributed by atoms with Gasteiger partial charge in [0.05, 0.1) is 21.7 Å². The van der Waals surface area contributed by atoms with E-state index >= 15 is 0 Å². The fourth-order valence-electron chi connectivity index (χ4n) is 4.70. The highest BCUT2D eigenvalue weighted by Crippen LogP contribution is 2.34. The number of anilines is 1. The van der Waals surface area contributed by atoms with Gasteiger partial charge in [-0.3, -0.25) is 9.69 Å². The molecule has 0 aliphatic heterocycles. The standard InChI is InChI=1S/C32H31N3O3S2/c1-4-34(21-25-11-7-5-8-12-25)40(37,38)28-17-15-27(16-18-28)31(36)35(22-26-13-9-6-10-14-26)32-33-29-20-23(2)19-24(3)30(29)39-32/h5-20H,4,21-22H2,1-3H3. The van der Waals surface area contributed by atoms with Gasteiger partial charge in [0.15, 0.2) is 5.13 Å². The van der Waals surface area contributed by atoms with Crippen molar-refractivity contribution >= 4 is 42.6 Å². The summed E-state index contributed by atoms with van der Waals surface area (Å²) in [7, 11) is -3.74. The van der Waals surface area contributed by atoms with Gasteiger partial charge in [0.1, 0.15) is 0 Å². The van der Waals surface area contributed by atoms with Crippen molar-refractivity contribution in [1.82, 2.24) is 9.29 Å². The molecule has 1 amide bonds. The van der Waals surface area contributed by atoms with Crippen molar-refractivity contribution < 1.29 is 13.2 Å². The number of aryl methyl sites for hydroxylation is 2. The summed E-state index contributed by atoms with van der Waals surface area (Å²) < 4.78 is 29.3. The second kappa shape index (κ2) is 11.7. The Morgan fingerprint density at radius 2 is 1.43 bits per heavy atom. The van der Waals surface area contributed by atoms with Gasteiger partial charge in [-0.25, -0.2) is 13.4 Å². The second-order valence-corrected chi connectivity index (χ2v) is 12.7. The number of fused-ring (bicyclic) bond motifs is 1. The average molecular weight is 570 g/mol. The number of nitrogens with zero attached hydrogens (tertiary/aromatic N) is 3. The normalized spacial score (nSPS) is 11.7. The quantitative estimate of drug-likeness (QED) is 0.192. The van der Waals surface area contributed by atoms with Crippen molar-refractivity contribution in [2.24, 2.45) is 0 Å². The van der Waals surface area contributed by atoms with Gasteiger partial charge in [-0.15, -0.1) is 0 Å². The number of hydrogen-bond donors (Lipinski definition) is 0. The number of sulfonamides is 1. The Hall–Kier alpha value is -3.85. The number of carbonyl (C=O) groups excluding carboxylic acids is 1. The van der Waals surface area contributed by atoms with E-state index < -0.39 is 10.0 Å². The Kier molecular flexibility index (Phi) is 8.12. The van der Waals surface area contributed by atoms with Crippen LogP contribution in [0.5, 0.6) is 0 Å². The van der Waals surface area contributed by atoms with Crippen LogP contribution in [-0.4, -0.2) is 30.2 Å². The summed E-state index contributed by atoms with van der Waals surface area (Å²) in [5.41, 5.74) is 5.39. The molecule has 0 atom stereocenters. The summed E-state index contributed by atoms with van der Waals surface area (Å²) in [5.74, 6) is -0.238. The number of thiazole rings is 1. The number of amides is 1. The summed E-state index contributed by atoms with van der Waals surface area (Å²) in [5, 5.41) is 0.606. The molecule has 204 valence electrons. The van der Waals surface area contributed by atoms with E-state index in [1.807, 2.05) is 80.6 Å². The summed E-state index contributed by atoms with van der Waals surface area (Å²) in [4.78, 5) is 20.6.